The Labute approximate surface area is 119 Å². The molecule has 2 aromatic carbocycles. The van der Waals surface area contributed by atoms with Crippen LogP contribution in [0.1, 0.15) is 15.9 Å². The SMILES string of the molecule is O=C(c1ccc(Br)cc1)c1cccc2cnccc12. The van der Waals surface area contributed by atoms with Gasteiger partial charge in [0, 0.05) is 33.4 Å². The van der Waals surface area contributed by atoms with E-state index in [9.17, 15) is 4.79 Å². The van der Waals surface area contributed by atoms with Gasteiger partial charge in [0.15, 0.2) is 5.78 Å². The number of carbonyl (C=O) groups excluding carboxylic acids is 1. The first-order valence-electron chi connectivity index (χ1n) is 5.89. The lowest BCUT2D eigenvalue weighted by atomic mass is 9.98. The number of carbonyl (C=O) groups is 1. The fraction of sp³-hybridized carbons (Fsp3) is 0. The maximum absolute atomic E-state index is 12.5. The van der Waals surface area contributed by atoms with E-state index in [1.165, 1.54) is 0 Å². The summed E-state index contributed by atoms with van der Waals surface area (Å²) in [6.07, 6.45) is 3.48. The van der Waals surface area contributed by atoms with Gasteiger partial charge in [-0.3, -0.25) is 9.78 Å². The molecule has 1 heterocycles. The van der Waals surface area contributed by atoms with Crippen LogP contribution in [0.5, 0.6) is 0 Å². The first-order chi connectivity index (χ1) is 9.25. The molecule has 2 nitrogen and oxygen atoms in total. The average Bonchev–Trinajstić information content (AvgIpc) is 2.47. The van der Waals surface area contributed by atoms with Crippen molar-refractivity contribution in [2.75, 3.05) is 0 Å². The molecule has 0 radical (unpaired) electrons. The highest BCUT2D eigenvalue weighted by Crippen LogP contribution is 2.21. The number of benzene rings is 2. The maximum atomic E-state index is 12.5. The van der Waals surface area contributed by atoms with Gasteiger partial charge in [-0.2, -0.15) is 0 Å². The minimum absolute atomic E-state index is 0.0318. The van der Waals surface area contributed by atoms with Crippen LogP contribution < -0.4 is 0 Å². The van der Waals surface area contributed by atoms with Crippen molar-refractivity contribution in [2.45, 2.75) is 0 Å². The van der Waals surface area contributed by atoms with E-state index >= 15 is 0 Å². The number of pyridine rings is 1. The quantitative estimate of drug-likeness (QED) is 0.663. The molecule has 3 aromatic rings. The second kappa shape index (κ2) is 4.94. The standard InChI is InChI=1S/C16H10BrNO/c17-13-6-4-11(5-7-13)16(19)15-3-1-2-12-10-18-9-8-14(12)15/h1-10H. The maximum Gasteiger partial charge on any atom is 0.193 e. The summed E-state index contributed by atoms with van der Waals surface area (Å²) in [5.41, 5.74) is 1.40. The Balaban J connectivity index is 2.14. The molecule has 0 atom stereocenters. The zero-order valence-electron chi connectivity index (χ0n) is 10.0. The highest BCUT2D eigenvalue weighted by molar-refractivity contribution is 9.10. The topological polar surface area (TPSA) is 30.0 Å². The molecule has 0 aliphatic heterocycles. The normalized spacial score (nSPS) is 10.6. The third-order valence-corrected chi connectivity index (χ3v) is 3.56. The molecule has 0 N–H and O–H groups in total. The number of fused-ring (bicyclic) bond motifs is 1. The third kappa shape index (κ3) is 2.29. The van der Waals surface area contributed by atoms with Crippen LogP contribution in [-0.2, 0) is 0 Å². The van der Waals surface area contributed by atoms with E-state index in [1.807, 2.05) is 48.5 Å². The van der Waals surface area contributed by atoms with Crippen molar-refractivity contribution in [3.63, 3.8) is 0 Å². The van der Waals surface area contributed by atoms with Crippen molar-refractivity contribution in [2.24, 2.45) is 0 Å². The number of nitrogens with zero attached hydrogens (tertiary/aromatic N) is 1. The van der Waals surface area contributed by atoms with Gasteiger partial charge in [-0.1, -0.05) is 34.1 Å². The number of rotatable bonds is 2. The van der Waals surface area contributed by atoms with E-state index in [1.54, 1.807) is 12.4 Å². The van der Waals surface area contributed by atoms with Crippen molar-refractivity contribution in [3.05, 3.63) is 76.5 Å². The van der Waals surface area contributed by atoms with Gasteiger partial charge >= 0.3 is 0 Å². The summed E-state index contributed by atoms with van der Waals surface area (Å²) in [6, 6.07) is 15.0. The fourth-order valence-electron chi connectivity index (χ4n) is 2.08. The zero-order chi connectivity index (χ0) is 13.2. The molecule has 0 amide bonds. The van der Waals surface area contributed by atoms with Gasteiger partial charge in [-0.15, -0.1) is 0 Å². The molecule has 0 aliphatic rings. The Morgan fingerprint density at radius 3 is 2.58 bits per heavy atom. The summed E-state index contributed by atoms with van der Waals surface area (Å²) in [4.78, 5) is 16.6. The molecular weight excluding hydrogens is 302 g/mol. The summed E-state index contributed by atoms with van der Waals surface area (Å²) < 4.78 is 0.964. The molecule has 1 aromatic heterocycles. The van der Waals surface area contributed by atoms with Crippen LogP contribution in [0.2, 0.25) is 0 Å². The summed E-state index contributed by atoms with van der Waals surface area (Å²) in [7, 11) is 0. The molecule has 92 valence electrons. The lowest BCUT2D eigenvalue weighted by Crippen LogP contribution is -2.01. The second-order valence-electron chi connectivity index (χ2n) is 4.24. The van der Waals surface area contributed by atoms with Crippen molar-refractivity contribution in [1.29, 1.82) is 0 Å². The van der Waals surface area contributed by atoms with Crippen molar-refractivity contribution in [1.82, 2.24) is 4.98 Å². The van der Waals surface area contributed by atoms with E-state index in [0.717, 1.165) is 15.2 Å². The molecule has 0 fully saturated rings. The summed E-state index contributed by atoms with van der Waals surface area (Å²) in [5.74, 6) is 0.0318. The van der Waals surface area contributed by atoms with Gasteiger partial charge in [0.05, 0.1) is 0 Å². The van der Waals surface area contributed by atoms with Crippen molar-refractivity contribution >= 4 is 32.5 Å². The smallest absolute Gasteiger partial charge is 0.193 e. The molecule has 0 aliphatic carbocycles. The predicted octanol–water partition coefficient (Wildman–Crippen LogP) is 4.23. The highest BCUT2D eigenvalue weighted by atomic mass is 79.9. The molecule has 0 unspecified atom stereocenters. The van der Waals surface area contributed by atoms with E-state index in [-0.39, 0.29) is 5.78 Å². The van der Waals surface area contributed by atoms with Gasteiger partial charge in [0.2, 0.25) is 0 Å². The molecule has 0 saturated carbocycles. The fourth-order valence-corrected chi connectivity index (χ4v) is 2.34. The molecule has 3 heteroatoms. The van der Waals surface area contributed by atoms with Gasteiger partial charge in [-0.25, -0.2) is 0 Å². The third-order valence-electron chi connectivity index (χ3n) is 3.03. The minimum Gasteiger partial charge on any atom is -0.289 e. The first kappa shape index (κ1) is 12.1. The number of hydrogen-bond acceptors (Lipinski definition) is 2. The number of halogens is 1. The minimum atomic E-state index is 0.0318. The summed E-state index contributed by atoms with van der Waals surface area (Å²) in [5, 5.41) is 1.91. The number of hydrogen-bond donors (Lipinski definition) is 0. The van der Waals surface area contributed by atoms with E-state index in [0.29, 0.717) is 11.1 Å². The van der Waals surface area contributed by atoms with E-state index in [4.69, 9.17) is 0 Å². The molecule has 0 bridgehead atoms. The Morgan fingerprint density at radius 2 is 1.79 bits per heavy atom. The van der Waals surface area contributed by atoms with Crippen LogP contribution in [0.25, 0.3) is 10.8 Å². The Bertz CT molecular complexity index is 745. The van der Waals surface area contributed by atoms with Crippen LogP contribution in [-0.4, -0.2) is 10.8 Å². The number of ketones is 1. The molecular formula is C16H10BrNO. The molecule has 0 saturated heterocycles. The Morgan fingerprint density at radius 1 is 1.00 bits per heavy atom. The van der Waals surface area contributed by atoms with Gasteiger partial charge < -0.3 is 0 Å². The molecule has 3 rings (SSSR count). The van der Waals surface area contributed by atoms with Crippen molar-refractivity contribution < 1.29 is 4.79 Å². The van der Waals surface area contributed by atoms with Gasteiger partial charge in [0.25, 0.3) is 0 Å². The largest absolute Gasteiger partial charge is 0.289 e. The van der Waals surface area contributed by atoms with Crippen molar-refractivity contribution in [3.8, 4) is 0 Å². The lowest BCUT2D eigenvalue weighted by Gasteiger charge is -2.05. The molecule has 0 spiro atoms. The van der Waals surface area contributed by atoms with Gasteiger partial charge in [-0.05, 0) is 35.7 Å². The summed E-state index contributed by atoms with van der Waals surface area (Å²) in [6.45, 7) is 0. The first-order valence-corrected chi connectivity index (χ1v) is 6.68. The van der Waals surface area contributed by atoms with Crippen LogP contribution in [0.4, 0.5) is 0 Å². The predicted molar refractivity (Wildman–Crippen MR) is 79.3 cm³/mol. The zero-order valence-corrected chi connectivity index (χ0v) is 11.6. The Hall–Kier alpha value is -2.00. The second-order valence-corrected chi connectivity index (χ2v) is 5.15. The molecule has 19 heavy (non-hydrogen) atoms. The monoisotopic (exact) mass is 311 g/mol. The van der Waals surface area contributed by atoms with Crippen LogP contribution in [0.3, 0.4) is 0 Å². The highest BCUT2D eigenvalue weighted by Gasteiger charge is 2.11. The van der Waals surface area contributed by atoms with E-state index in [2.05, 4.69) is 20.9 Å². The van der Waals surface area contributed by atoms with Crippen LogP contribution in [0, 0.1) is 0 Å². The summed E-state index contributed by atoms with van der Waals surface area (Å²) >= 11 is 3.37. The Kier molecular flexibility index (Phi) is 3.13. The van der Waals surface area contributed by atoms with Gasteiger partial charge in [0.1, 0.15) is 0 Å². The van der Waals surface area contributed by atoms with Crippen LogP contribution in [0.15, 0.2) is 65.4 Å². The van der Waals surface area contributed by atoms with E-state index < -0.39 is 0 Å². The van der Waals surface area contributed by atoms with Crippen LogP contribution >= 0.6 is 15.9 Å². The number of aromatic nitrogens is 1. The average molecular weight is 312 g/mol. The lowest BCUT2D eigenvalue weighted by molar-refractivity contribution is 0.104.